The van der Waals surface area contributed by atoms with Gasteiger partial charge in [0.25, 0.3) is 0 Å². The second kappa shape index (κ2) is 8.11. The number of rotatable bonds is 6. The van der Waals surface area contributed by atoms with E-state index in [4.69, 9.17) is 22.4 Å². The van der Waals surface area contributed by atoms with Crippen molar-refractivity contribution in [2.24, 2.45) is 5.73 Å². The van der Waals surface area contributed by atoms with Crippen molar-refractivity contribution in [2.45, 2.75) is 5.92 Å². The number of aromatic carboxylic acids is 1. The lowest BCUT2D eigenvalue weighted by atomic mass is 10.1. The first kappa shape index (κ1) is 19.4. The van der Waals surface area contributed by atoms with Gasteiger partial charge in [0.2, 0.25) is 5.91 Å². The summed E-state index contributed by atoms with van der Waals surface area (Å²) in [5, 5.41) is 14.7. The van der Waals surface area contributed by atoms with E-state index in [9.17, 15) is 14.4 Å². The quantitative estimate of drug-likeness (QED) is 0.416. The lowest BCUT2D eigenvalue weighted by molar-refractivity contribution is -0.118. The van der Waals surface area contributed by atoms with E-state index >= 15 is 0 Å². The molecule has 144 valence electrons. The van der Waals surface area contributed by atoms with Crippen LogP contribution in [-0.2, 0) is 4.79 Å². The van der Waals surface area contributed by atoms with Crippen molar-refractivity contribution in [3.8, 4) is 0 Å². The SMILES string of the molecule is NC(=O)C(c1ncc(NC(=O)Nc2ccc(Cl)cc2)[nH]1)c1ccc(C(=O)O)s1. The smallest absolute Gasteiger partial charge is 0.345 e. The zero-order chi connectivity index (χ0) is 20.3. The number of aromatic amines is 1. The average Bonchev–Trinajstić information content (AvgIpc) is 3.27. The normalized spacial score (nSPS) is 11.6. The van der Waals surface area contributed by atoms with Crippen molar-refractivity contribution in [1.29, 1.82) is 0 Å². The van der Waals surface area contributed by atoms with Crippen LogP contribution in [0, 0.1) is 0 Å². The number of anilines is 2. The minimum Gasteiger partial charge on any atom is -0.477 e. The van der Waals surface area contributed by atoms with Crippen LogP contribution in [0.15, 0.2) is 42.6 Å². The van der Waals surface area contributed by atoms with Gasteiger partial charge < -0.3 is 21.1 Å². The maximum atomic E-state index is 12.1. The summed E-state index contributed by atoms with van der Waals surface area (Å²) in [6, 6.07) is 8.91. The lowest BCUT2D eigenvalue weighted by Crippen LogP contribution is -2.23. The molecule has 3 amide bonds. The molecule has 1 aromatic carbocycles. The van der Waals surface area contributed by atoms with E-state index in [0.29, 0.717) is 15.6 Å². The molecule has 0 aliphatic rings. The molecule has 3 aromatic rings. The molecule has 1 atom stereocenters. The number of thiophene rings is 1. The fourth-order valence-electron chi connectivity index (χ4n) is 2.40. The largest absolute Gasteiger partial charge is 0.477 e. The van der Waals surface area contributed by atoms with E-state index in [1.165, 1.54) is 18.3 Å². The second-order valence-corrected chi connectivity index (χ2v) is 7.16. The second-order valence-electron chi connectivity index (χ2n) is 5.61. The molecule has 1 unspecified atom stereocenters. The molecule has 0 aliphatic carbocycles. The number of carbonyl (C=O) groups excluding carboxylic acids is 2. The third kappa shape index (κ3) is 4.48. The van der Waals surface area contributed by atoms with Gasteiger partial charge in [-0.05, 0) is 36.4 Å². The summed E-state index contributed by atoms with van der Waals surface area (Å²) in [7, 11) is 0. The molecule has 0 saturated heterocycles. The molecule has 2 aromatic heterocycles. The molecule has 6 N–H and O–H groups in total. The number of primary amides is 1. The van der Waals surface area contributed by atoms with Crippen molar-refractivity contribution in [2.75, 3.05) is 10.6 Å². The Balaban J connectivity index is 1.73. The molecule has 0 bridgehead atoms. The minimum absolute atomic E-state index is 0.0773. The molecule has 0 radical (unpaired) electrons. The van der Waals surface area contributed by atoms with E-state index in [2.05, 4.69) is 20.6 Å². The molecule has 11 heteroatoms. The number of hydrogen-bond acceptors (Lipinski definition) is 5. The van der Waals surface area contributed by atoms with Gasteiger partial charge in [0.15, 0.2) is 0 Å². The van der Waals surface area contributed by atoms with Gasteiger partial charge in [0.1, 0.15) is 22.4 Å². The molecule has 0 saturated carbocycles. The van der Waals surface area contributed by atoms with Crippen LogP contribution in [0.5, 0.6) is 0 Å². The molecule has 0 spiro atoms. The predicted molar refractivity (Wildman–Crippen MR) is 105 cm³/mol. The number of H-pyrrole nitrogens is 1. The number of aromatic nitrogens is 2. The van der Waals surface area contributed by atoms with Gasteiger partial charge in [0.05, 0.1) is 6.20 Å². The van der Waals surface area contributed by atoms with E-state index in [-0.39, 0.29) is 16.5 Å². The monoisotopic (exact) mass is 419 g/mol. The third-order valence-electron chi connectivity index (χ3n) is 3.63. The van der Waals surface area contributed by atoms with Crippen LogP contribution in [0.2, 0.25) is 5.02 Å². The summed E-state index contributed by atoms with van der Waals surface area (Å²) in [5.41, 5.74) is 6.00. The zero-order valence-electron chi connectivity index (χ0n) is 14.1. The van der Waals surface area contributed by atoms with Gasteiger partial charge in [0, 0.05) is 15.6 Å². The van der Waals surface area contributed by atoms with Crippen molar-refractivity contribution in [3.05, 3.63) is 63.2 Å². The first-order valence-corrected chi connectivity index (χ1v) is 9.03. The van der Waals surface area contributed by atoms with Crippen LogP contribution in [0.4, 0.5) is 16.3 Å². The summed E-state index contributed by atoms with van der Waals surface area (Å²) in [6.07, 6.45) is 1.33. The summed E-state index contributed by atoms with van der Waals surface area (Å²) in [4.78, 5) is 42.4. The van der Waals surface area contributed by atoms with E-state index in [0.717, 1.165) is 11.3 Å². The minimum atomic E-state index is -1.10. The molecule has 0 fully saturated rings. The molecule has 0 aliphatic heterocycles. The Kier molecular flexibility index (Phi) is 5.62. The molecule has 2 heterocycles. The lowest BCUT2D eigenvalue weighted by Gasteiger charge is -2.09. The Morgan fingerprint density at radius 3 is 2.46 bits per heavy atom. The number of carboxylic acid groups (broad SMARTS) is 1. The van der Waals surface area contributed by atoms with Crippen LogP contribution in [0.3, 0.4) is 0 Å². The number of carbonyl (C=O) groups is 3. The van der Waals surface area contributed by atoms with Gasteiger partial charge in [-0.3, -0.25) is 10.1 Å². The summed E-state index contributed by atoms with van der Waals surface area (Å²) in [5.74, 6) is -2.34. The van der Waals surface area contributed by atoms with Crippen LogP contribution >= 0.6 is 22.9 Å². The summed E-state index contributed by atoms with van der Waals surface area (Å²) in [6.45, 7) is 0. The number of benzene rings is 1. The highest BCUT2D eigenvalue weighted by molar-refractivity contribution is 7.14. The topological polar surface area (TPSA) is 150 Å². The number of hydrogen-bond donors (Lipinski definition) is 5. The van der Waals surface area contributed by atoms with Crippen molar-refractivity contribution in [1.82, 2.24) is 9.97 Å². The first-order chi connectivity index (χ1) is 13.3. The summed E-state index contributed by atoms with van der Waals surface area (Å²) >= 11 is 6.72. The Hall–Kier alpha value is -3.37. The number of nitrogens with two attached hydrogens (primary N) is 1. The van der Waals surface area contributed by atoms with Crippen LogP contribution in [0.25, 0.3) is 0 Å². The van der Waals surface area contributed by atoms with E-state index in [1.807, 2.05) is 0 Å². The fourth-order valence-corrected chi connectivity index (χ4v) is 3.48. The number of nitrogens with one attached hydrogen (secondary N) is 3. The van der Waals surface area contributed by atoms with E-state index < -0.39 is 23.8 Å². The first-order valence-electron chi connectivity index (χ1n) is 7.84. The Morgan fingerprint density at radius 1 is 1.14 bits per heavy atom. The molecule has 3 rings (SSSR count). The van der Waals surface area contributed by atoms with Crippen molar-refractivity contribution in [3.63, 3.8) is 0 Å². The summed E-state index contributed by atoms with van der Waals surface area (Å²) < 4.78 is 0. The zero-order valence-corrected chi connectivity index (χ0v) is 15.7. The third-order valence-corrected chi connectivity index (χ3v) is 5.02. The van der Waals surface area contributed by atoms with Crippen LogP contribution in [0.1, 0.15) is 26.3 Å². The highest BCUT2D eigenvalue weighted by atomic mass is 35.5. The molecular weight excluding hydrogens is 406 g/mol. The number of halogens is 1. The number of nitrogens with zero attached hydrogens (tertiary/aromatic N) is 1. The maximum Gasteiger partial charge on any atom is 0.345 e. The van der Waals surface area contributed by atoms with Crippen LogP contribution < -0.4 is 16.4 Å². The Morgan fingerprint density at radius 2 is 1.86 bits per heavy atom. The molecule has 28 heavy (non-hydrogen) atoms. The number of amides is 3. The van der Waals surface area contributed by atoms with Gasteiger partial charge in [-0.1, -0.05) is 11.6 Å². The molecular formula is C17H14ClN5O4S. The highest BCUT2D eigenvalue weighted by Gasteiger charge is 2.26. The Labute approximate surface area is 167 Å². The molecule has 9 nitrogen and oxygen atoms in total. The highest BCUT2D eigenvalue weighted by Crippen LogP contribution is 2.29. The Bertz CT molecular complexity index is 1030. The predicted octanol–water partition coefficient (Wildman–Crippen LogP) is 3.08. The fraction of sp³-hybridized carbons (Fsp3) is 0.0588. The van der Waals surface area contributed by atoms with Gasteiger partial charge in [-0.25, -0.2) is 14.6 Å². The number of urea groups is 1. The van der Waals surface area contributed by atoms with Crippen molar-refractivity contribution < 1.29 is 19.5 Å². The van der Waals surface area contributed by atoms with Gasteiger partial charge in [-0.2, -0.15) is 0 Å². The standard InChI is InChI=1S/C17H14ClN5O4S/c18-8-1-3-9(4-2-8)21-17(27)23-12-7-20-15(22-12)13(14(19)24)10-5-6-11(28-10)16(25)26/h1-7,13H,(H2,19,24)(H,20,22)(H,25,26)(H2,21,23,27). The van der Waals surface area contributed by atoms with Crippen LogP contribution in [-0.4, -0.2) is 33.0 Å². The average molecular weight is 420 g/mol. The van der Waals surface area contributed by atoms with Gasteiger partial charge in [-0.15, -0.1) is 11.3 Å². The van der Waals surface area contributed by atoms with E-state index in [1.54, 1.807) is 24.3 Å². The number of carboxylic acids is 1. The van der Waals surface area contributed by atoms with Crippen molar-refractivity contribution >= 4 is 52.4 Å². The number of imidazole rings is 1. The maximum absolute atomic E-state index is 12.1. The van der Waals surface area contributed by atoms with Gasteiger partial charge >= 0.3 is 12.0 Å².